The van der Waals surface area contributed by atoms with E-state index in [1.165, 1.54) is 27.8 Å². The van der Waals surface area contributed by atoms with Crippen molar-refractivity contribution in [3.05, 3.63) is 149 Å². The van der Waals surface area contributed by atoms with Crippen LogP contribution < -0.4 is 0 Å². The van der Waals surface area contributed by atoms with Gasteiger partial charge in [0, 0.05) is 43.6 Å². The van der Waals surface area contributed by atoms with Gasteiger partial charge in [-0.3, -0.25) is 0 Å². The van der Waals surface area contributed by atoms with Gasteiger partial charge < -0.3 is 14.4 Å². The summed E-state index contributed by atoms with van der Waals surface area (Å²) in [7, 11) is 0. The van der Waals surface area contributed by atoms with E-state index in [1.807, 2.05) is 43.6 Å². The molecule has 4 aromatic heterocycles. The summed E-state index contributed by atoms with van der Waals surface area (Å²) in [6.45, 7) is 10.7. The van der Waals surface area contributed by atoms with Gasteiger partial charge in [0.05, 0.1) is 5.58 Å². The largest absolute Gasteiger partial charge is 0.486 e. The summed E-state index contributed by atoms with van der Waals surface area (Å²) >= 11 is 0. The third-order valence-corrected chi connectivity index (χ3v) is 7.85. The summed E-state index contributed by atoms with van der Waals surface area (Å²) in [5.41, 5.74) is 12.8. The van der Waals surface area contributed by atoms with E-state index >= 15 is 0 Å². The number of furan rings is 1. The van der Waals surface area contributed by atoms with Crippen molar-refractivity contribution >= 4 is 22.1 Å². The van der Waals surface area contributed by atoms with Crippen LogP contribution in [0.2, 0.25) is 0 Å². The first-order valence-electron chi connectivity index (χ1n) is 15.5. The van der Waals surface area contributed by atoms with Crippen LogP contribution in [0.15, 0.2) is 108 Å². The molecule has 0 fully saturated rings. The van der Waals surface area contributed by atoms with Crippen molar-refractivity contribution in [3.8, 4) is 22.5 Å². The van der Waals surface area contributed by atoms with Gasteiger partial charge >= 0.3 is 0 Å². The van der Waals surface area contributed by atoms with E-state index in [0.717, 1.165) is 57.4 Å². The van der Waals surface area contributed by atoms with E-state index in [2.05, 4.69) is 122 Å². The van der Waals surface area contributed by atoms with Crippen LogP contribution in [-0.4, -0.2) is 15.0 Å². The van der Waals surface area contributed by atoms with Crippen LogP contribution in [0.3, 0.4) is 0 Å². The number of benzene rings is 3. The Morgan fingerprint density at radius 2 is 1.52 bits per heavy atom. The Morgan fingerprint density at radius 3 is 2.26 bits per heavy atom. The normalized spacial score (nSPS) is 10.9. The molecule has 233 valence electrons. The third kappa shape index (κ3) is 7.85. The fraction of sp³-hybridized carbons (Fsp3) is 0.195. The van der Waals surface area contributed by atoms with Gasteiger partial charge in [0.15, 0.2) is 0 Å². The second-order valence-electron chi connectivity index (χ2n) is 12.1. The number of aryl methyl sites for hydroxylation is 3. The Morgan fingerprint density at radius 1 is 0.739 bits per heavy atom. The van der Waals surface area contributed by atoms with Gasteiger partial charge in [-0.2, -0.15) is 0 Å². The summed E-state index contributed by atoms with van der Waals surface area (Å²) in [5, 5.41) is 2.06. The molecule has 0 N–H and O–H groups in total. The first-order chi connectivity index (χ1) is 21.8. The molecule has 0 saturated heterocycles. The molecule has 3 aromatic carbocycles. The summed E-state index contributed by atoms with van der Waals surface area (Å²) in [6, 6.07) is 37.6. The topological polar surface area (TPSA) is 51.8 Å². The second kappa shape index (κ2) is 14.8. The first kappa shape index (κ1) is 32.9. The molecular weight excluding hydrogens is 743 g/mol. The van der Waals surface area contributed by atoms with Gasteiger partial charge in [-0.05, 0) is 78.9 Å². The SMILES string of the molecule is Cc1c[c-]c(-c2cc(C)c(CC(C)C)cn2)cc1.Cc1ccc2c(n1)oc1c[c-]c(-c3cc(Cc4ccccc4)ccn3)cc12.[Ir]. The predicted octanol–water partition coefficient (Wildman–Crippen LogP) is 10.1. The number of hydrogen-bond donors (Lipinski definition) is 0. The molecule has 7 rings (SSSR count). The minimum absolute atomic E-state index is 0. The summed E-state index contributed by atoms with van der Waals surface area (Å²) in [4.78, 5) is 13.6. The Balaban J connectivity index is 0.000000193. The van der Waals surface area contributed by atoms with Crippen LogP contribution in [0.25, 0.3) is 44.6 Å². The molecule has 0 bridgehead atoms. The maximum Gasteiger partial charge on any atom is 0.216 e. The Labute approximate surface area is 285 Å². The van der Waals surface area contributed by atoms with Crippen LogP contribution in [0.1, 0.15) is 47.4 Å². The Hall–Kier alpha value is -4.44. The fourth-order valence-corrected chi connectivity index (χ4v) is 5.45. The van der Waals surface area contributed by atoms with Crippen LogP contribution in [0.4, 0.5) is 0 Å². The smallest absolute Gasteiger partial charge is 0.216 e. The summed E-state index contributed by atoms with van der Waals surface area (Å²) in [5.74, 6) is 0.669. The molecule has 0 atom stereocenters. The molecule has 0 amide bonds. The Kier molecular flexibility index (Phi) is 10.6. The third-order valence-electron chi connectivity index (χ3n) is 7.85. The first-order valence-corrected chi connectivity index (χ1v) is 15.5. The number of aromatic nitrogens is 3. The van der Waals surface area contributed by atoms with Crippen molar-refractivity contribution in [2.45, 2.75) is 47.5 Å². The zero-order chi connectivity index (χ0) is 31.3. The van der Waals surface area contributed by atoms with Crippen molar-refractivity contribution < 1.29 is 24.5 Å². The van der Waals surface area contributed by atoms with Gasteiger partial charge in [-0.15, -0.1) is 59.2 Å². The van der Waals surface area contributed by atoms with Gasteiger partial charge in [-0.1, -0.05) is 74.2 Å². The minimum Gasteiger partial charge on any atom is -0.486 e. The van der Waals surface area contributed by atoms with Crippen LogP contribution in [-0.2, 0) is 32.9 Å². The average molecular weight is 780 g/mol. The summed E-state index contributed by atoms with van der Waals surface area (Å²) in [6.07, 6.45) is 5.86. The molecule has 0 aliphatic heterocycles. The Bertz CT molecular complexity index is 2060. The zero-order valence-electron chi connectivity index (χ0n) is 26.9. The molecule has 1 radical (unpaired) electrons. The van der Waals surface area contributed by atoms with Crippen molar-refractivity contribution in [2.75, 3.05) is 0 Å². The summed E-state index contributed by atoms with van der Waals surface area (Å²) < 4.78 is 5.86. The van der Waals surface area contributed by atoms with Gasteiger partial charge in [-0.25, -0.2) is 4.98 Å². The molecule has 46 heavy (non-hydrogen) atoms. The fourth-order valence-electron chi connectivity index (χ4n) is 5.45. The van der Waals surface area contributed by atoms with Crippen molar-refractivity contribution in [1.82, 2.24) is 15.0 Å². The molecule has 0 aliphatic carbocycles. The maximum atomic E-state index is 5.86. The number of rotatable bonds is 6. The number of pyridine rings is 3. The quantitative estimate of drug-likeness (QED) is 0.158. The molecule has 0 unspecified atom stereocenters. The van der Waals surface area contributed by atoms with E-state index in [-0.39, 0.29) is 20.1 Å². The number of nitrogens with zero attached hydrogens (tertiary/aromatic N) is 3. The van der Waals surface area contributed by atoms with E-state index in [1.54, 1.807) is 0 Å². The maximum absolute atomic E-state index is 5.86. The number of hydrogen-bond acceptors (Lipinski definition) is 4. The van der Waals surface area contributed by atoms with E-state index < -0.39 is 0 Å². The van der Waals surface area contributed by atoms with Gasteiger partial charge in [0.25, 0.3) is 0 Å². The molecule has 0 spiro atoms. The standard InChI is InChI=1S/C24H17N2O.C17H20N.Ir/c1-16-7-9-20-21-15-19(8-10-23(21)27-24(20)26-16)22-14-18(11-12-25-22)13-17-5-3-2-4-6-17;1-12(2)9-16-11-18-17(10-14(16)4)15-7-5-13(3)6-8-15;/h2-7,9-12,14-15H,13H2,1H3;5-7,10-12H,9H2,1-4H3;/q2*-1;. The minimum atomic E-state index is 0. The van der Waals surface area contributed by atoms with E-state index in [4.69, 9.17) is 4.42 Å². The molecule has 5 heteroatoms. The van der Waals surface area contributed by atoms with E-state index in [0.29, 0.717) is 11.6 Å². The number of fused-ring (bicyclic) bond motifs is 3. The molecule has 0 aliphatic rings. The average Bonchev–Trinajstić information content (AvgIpc) is 3.40. The van der Waals surface area contributed by atoms with Crippen LogP contribution in [0, 0.1) is 38.8 Å². The molecular formula is C41H37IrN3O-2. The molecule has 7 aromatic rings. The second-order valence-corrected chi connectivity index (χ2v) is 12.1. The van der Waals surface area contributed by atoms with Gasteiger partial charge in [0.2, 0.25) is 5.71 Å². The van der Waals surface area contributed by atoms with Crippen molar-refractivity contribution in [2.24, 2.45) is 5.92 Å². The predicted molar refractivity (Wildman–Crippen MR) is 184 cm³/mol. The van der Waals surface area contributed by atoms with Crippen molar-refractivity contribution in [3.63, 3.8) is 0 Å². The van der Waals surface area contributed by atoms with Crippen molar-refractivity contribution in [1.29, 1.82) is 0 Å². The monoisotopic (exact) mass is 780 g/mol. The van der Waals surface area contributed by atoms with Crippen LogP contribution in [0.5, 0.6) is 0 Å². The molecule has 4 nitrogen and oxygen atoms in total. The molecule has 4 heterocycles. The zero-order valence-corrected chi connectivity index (χ0v) is 29.3. The van der Waals surface area contributed by atoms with Gasteiger partial charge in [0.1, 0.15) is 0 Å². The van der Waals surface area contributed by atoms with Crippen LogP contribution >= 0.6 is 0 Å². The van der Waals surface area contributed by atoms with E-state index in [9.17, 15) is 0 Å². The molecule has 0 saturated carbocycles.